The molecular weight excluding hydrogens is 453 g/mol. The third-order valence-corrected chi connectivity index (χ3v) is 5.47. The Morgan fingerprint density at radius 3 is 2.16 bits per heavy atom. The van der Waals surface area contributed by atoms with E-state index in [1.54, 1.807) is 36.4 Å². The number of nitrogens with one attached hydrogen (secondary N) is 1. The van der Waals surface area contributed by atoms with Gasteiger partial charge in [-0.05, 0) is 23.6 Å². The van der Waals surface area contributed by atoms with Crippen LogP contribution in [0.3, 0.4) is 0 Å². The first kappa shape index (κ1) is 22.5. The van der Waals surface area contributed by atoms with Crippen LogP contribution < -0.4 is 5.32 Å². The highest BCUT2D eigenvalue weighted by Crippen LogP contribution is 2.38. The number of thiophene rings is 1. The molecule has 4 aromatic heterocycles. The third kappa shape index (κ3) is 4.32. The SMILES string of the molecule is CNc1nc(-n2ccnc2)nc(-c2ccc(-n3ccnc3)cc2)c1-c1cccs1.Cl.Cl. The van der Waals surface area contributed by atoms with Crippen molar-refractivity contribution in [3.63, 3.8) is 0 Å². The quantitative estimate of drug-likeness (QED) is 0.384. The average molecular weight is 472 g/mol. The van der Waals surface area contributed by atoms with Gasteiger partial charge in [-0.2, -0.15) is 4.98 Å². The van der Waals surface area contributed by atoms with Crippen molar-refractivity contribution in [2.75, 3.05) is 12.4 Å². The van der Waals surface area contributed by atoms with E-state index in [1.165, 1.54) is 0 Å². The molecule has 0 aliphatic heterocycles. The number of hydrogen-bond donors (Lipinski definition) is 1. The van der Waals surface area contributed by atoms with Gasteiger partial charge in [0.25, 0.3) is 0 Å². The summed E-state index contributed by atoms with van der Waals surface area (Å²) in [5.74, 6) is 1.35. The zero-order valence-electron chi connectivity index (χ0n) is 16.4. The predicted molar refractivity (Wildman–Crippen MR) is 129 cm³/mol. The van der Waals surface area contributed by atoms with Crippen LogP contribution in [0.2, 0.25) is 0 Å². The van der Waals surface area contributed by atoms with Gasteiger partial charge in [0.05, 0.1) is 17.6 Å². The van der Waals surface area contributed by atoms with Gasteiger partial charge < -0.3 is 9.88 Å². The molecule has 0 aliphatic rings. The van der Waals surface area contributed by atoms with Gasteiger partial charge in [-0.1, -0.05) is 18.2 Å². The van der Waals surface area contributed by atoms with E-state index in [9.17, 15) is 0 Å². The summed E-state index contributed by atoms with van der Waals surface area (Å²) in [5.41, 5.74) is 3.91. The highest BCUT2D eigenvalue weighted by molar-refractivity contribution is 7.13. The van der Waals surface area contributed by atoms with Gasteiger partial charge in [-0.15, -0.1) is 36.2 Å². The van der Waals surface area contributed by atoms with Crippen LogP contribution in [-0.4, -0.2) is 36.1 Å². The number of rotatable bonds is 5. The van der Waals surface area contributed by atoms with Crippen LogP contribution >= 0.6 is 36.2 Å². The normalized spacial score (nSPS) is 10.2. The molecule has 0 atom stereocenters. The van der Waals surface area contributed by atoms with E-state index in [-0.39, 0.29) is 24.8 Å². The van der Waals surface area contributed by atoms with E-state index >= 15 is 0 Å². The zero-order chi connectivity index (χ0) is 19.6. The second-order valence-electron chi connectivity index (χ2n) is 6.31. The largest absolute Gasteiger partial charge is 0.372 e. The molecular formula is C21H19Cl2N7S. The number of benzene rings is 1. The summed E-state index contributed by atoms with van der Waals surface area (Å²) in [6.07, 6.45) is 10.7. The standard InChI is InChI=1S/C21H17N7S.2ClH/c1-22-20-18(17-3-2-12-29-17)19(25-21(26-20)28-11-9-24-14-28)15-4-6-16(7-5-15)27-10-8-23-13-27;;/h2-14H,1H3,(H,22,25,26);2*1H. The Hall–Kier alpha value is -3.20. The Kier molecular flexibility index (Phi) is 7.06. The molecule has 0 radical (unpaired) electrons. The number of anilines is 1. The van der Waals surface area contributed by atoms with Gasteiger partial charge >= 0.3 is 0 Å². The molecule has 7 nitrogen and oxygen atoms in total. The number of hydrogen-bond acceptors (Lipinski definition) is 6. The van der Waals surface area contributed by atoms with Crippen LogP contribution in [0, 0.1) is 0 Å². The minimum absolute atomic E-state index is 0. The molecule has 10 heteroatoms. The smallest absolute Gasteiger partial charge is 0.237 e. The second kappa shape index (κ2) is 9.74. The summed E-state index contributed by atoms with van der Waals surface area (Å²) in [6.45, 7) is 0. The number of nitrogens with zero attached hydrogens (tertiary/aromatic N) is 6. The van der Waals surface area contributed by atoms with Crippen LogP contribution in [0.4, 0.5) is 5.82 Å². The lowest BCUT2D eigenvalue weighted by Gasteiger charge is -2.15. The van der Waals surface area contributed by atoms with Crippen LogP contribution in [-0.2, 0) is 0 Å². The van der Waals surface area contributed by atoms with Crippen LogP contribution in [0.5, 0.6) is 0 Å². The fourth-order valence-corrected chi connectivity index (χ4v) is 3.96. The maximum absolute atomic E-state index is 4.90. The van der Waals surface area contributed by atoms with E-state index in [0.717, 1.165) is 33.2 Å². The fourth-order valence-electron chi connectivity index (χ4n) is 3.19. The lowest BCUT2D eigenvalue weighted by molar-refractivity contribution is 0.931. The zero-order valence-corrected chi connectivity index (χ0v) is 18.9. The first-order valence-electron chi connectivity index (χ1n) is 9.04. The van der Waals surface area contributed by atoms with E-state index < -0.39 is 0 Å². The molecule has 0 fully saturated rings. The minimum Gasteiger partial charge on any atom is -0.372 e. The Labute approximate surface area is 195 Å². The lowest BCUT2D eigenvalue weighted by atomic mass is 10.0. The predicted octanol–water partition coefficient (Wildman–Crippen LogP) is 5.13. The number of aromatic nitrogens is 6. The van der Waals surface area contributed by atoms with Crippen LogP contribution in [0.1, 0.15) is 0 Å². The molecule has 0 aliphatic carbocycles. The van der Waals surface area contributed by atoms with E-state index in [2.05, 4.69) is 51.0 Å². The highest BCUT2D eigenvalue weighted by atomic mass is 35.5. The molecule has 4 heterocycles. The Balaban J connectivity index is 0.00000136. The van der Waals surface area contributed by atoms with Crippen LogP contribution in [0.15, 0.2) is 79.2 Å². The molecule has 1 aromatic carbocycles. The Morgan fingerprint density at radius 1 is 0.871 bits per heavy atom. The van der Waals surface area contributed by atoms with Gasteiger partial charge in [-0.3, -0.25) is 4.57 Å². The van der Waals surface area contributed by atoms with Crippen molar-refractivity contribution >= 4 is 42.0 Å². The van der Waals surface area contributed by atoms with E-state index in [4.69, 9.17) is 9.97 Å². The minimum atomic E-state index is 0. The maximum atomic E-state index is 4.90. The van der Waals surface area contributed by atoms with Crippen molar-refractivity contribution in [2.45, 2.75) is 0 Å². The summed E-state index contributed by atoms with van der Waals surface area (Å²) in [5, 5.41) is 5.30. The lowest BCUT2D eigenvalue weighted by Crippen LogP contribution is -2.06. The molecule has 1 N–H and O–H groups in total. The number of halogens is 2. The third-order valence-electron chi connectivity index (χ3n) is 4.58. The Bertz CT molecular complexity index is 1220. The molecule has 0 unspecified atom stereocenters. The molecule has 0 saturated heterocycles. The molecule has 0 amide bonds. The average Bonchev–Trinajstić information content (AvgIpc) is 3.56. The Morgan fingerprint density at radius 2 is 1.58 bits per heavy atom. The summed E-state index contributed by atoms with van der Waals surface area (Å²) in [4.78, 5) is 19.0. The van der Waals surface area contributed by atoms with Crippen molar-refractivity contribution in [1.29, 1.82) is 0 Å². The summed E-state index contributed by atoms with van der Waals surface area (Å²) < 4.78 is 3.78. The summed E-state index contributed by atoms with van der Waals surface area (Å²) >= 11 is 1.67. The molecule has 31 heavy (non-hydrogen) atoms. The second-order valence-corrected chi connectivity index (χ2v) is 7.26. The summed E-state index contributed by atoms with van der Waals surface area (Å²) in [7, 11) is 1.88. The van der Waals surface area contributed by atoms with Crippen molar-refractivity contribution in [3.05, 3.63) is 79.2 Å². The molecule has 0 spiro atoms. The van der Waals surface area contributed by atoms with E-state index in [0.29, 0.717) is 5.95 Å². The maximum Gasteiger partial charge on any atom is 0.237 e. The van der Waals surface area contributed by atoms with E-state index in [1.807, 2.05) is 34.6 Å². The topological polar surface area (TPSA) is 73.5 Å². The fraction of sp³-hybridized carbons (Fsp3) is 0.0476. The molecule has 0 bridgehead atoms. The highest BCUT2D eigenvalue weighted by Gasteiger charge is 2.19. The van der Waals surface area contributed by atoms with Crippen molar-refractivity contribution in [1.82, 2.24) is 29.1 Å². The first-order valence-corrected chi connectivity index (χ1v) is 9.92. The summed E-state index contributed by atoms with van der Waals surface area (Å²) in [6, 6.07) is 12.4. The van der Waals surface area contributed by atoms with Crippen molar-refractivity contribution in [2.24, 2.45) is 0 Å². The van der Waals surface area contributed by atoms with Crippen molar-refractivity contribution < 1.29 is 0 Å². The number of imidazole rings is 2. The van der Waals surface area contributed by atoms with Crippen molar-refractivity contribution in [3.8, 4) is 33.3 Å². The monoisotopic (exact) mass is 471 g/mol. The van der Waals surface area contributed by atoms with Gasteiger partial charge in [0.1, 0.15) is 12.1 Å². The van der Waals surface area contributed by atoms with Gasteiger partial charge in [0.2, 0.25) is 5.95 Å². The first-order chi connectivity index (χ1) is 14.3. The van der Waals surface area contributed by atoms with Gasteiger partial charge in [0.15, 0.2) is 0 Å². The van der Waals surface area contributed by atoms with Gasteiger partial charge in [-0.25, -0.2) is 15.0 Å². The molecule has 5 rings (SSSR count). The molecule has 158 valence electrons. The van der Waals surface area contributed by atoms with Crippen LogP contribution in [0.25, 0.3) is 33.3 Å². The molecule has 5 aromatic rings. The van der Waals surface area contributed by atoms with Gasteiger partial charge in [0, 0.05) is 48.0 Å². The molecule has 0 saturated carbocycles.